The fraction of sp³-hybridized carbons (Fsp3) is 0.441. The van der Waals surface area contributed by atoms with Crippen molar-refractivity contribution in [3.8, 4) is 5.75 Å². The molecule has 4 rings (SSSR count). The number of halogens is 10. The normalized spacial score (nSPS) is 16.9. The van der Waals surface area contributed by atoms with E-state index in [-0.39, 0.29) is 36.5 Å². The van der Waals surface area contributed by atoms with Crippen molar-refractivity contribution in [2.45, 2.75) is 71.3 Å². The first kappa shape index (κ1) is 39.6. The highest BCUT2D eigenvalue weighted by Crippen LogP contribution is 2.38. The van der Waals surface area contributed by atoms with E-state index in [1.807, 2.05) is 11.8 Å². The number of carbonyl (C=O) groups is 1. The van der Waals surface area contributed by atoms with Crippen LogP contribution < -0.4 is 14.5 Å². The number of hydrogen-bond acceptors (Lipinski definition) is 4. The quantitative estimate of drug-likeness (QED) is 0.199. The number of aryl methyl sites for hydroxylation is 1. The van der Waals surface area contributed by atoms with Gasteiger partial charge in [0.15, 0.2) is 0 Å². The summed E-state index contributed by atoms with van der Waals surface area (Å²) >= 11 is 0. The molecule has 0 unspecified atom stereocenters. The minimum Gasteiger partial charge on any atom is -0.481 e. The highest BCUT2D eigenvalue weighted by atomic mass is 35.5. The van der Waals surface area contributed by atoms with Crippen LogP contribution in [-0.4, -0.2) is 30.5 Å². The monoisotopic (exact) mass is 726 g/mol. The van der Waals surface area contributed by atoms with Crippen LogP contribution in [0, 0.1) is 18.8 Å². The second-order valence-corrected chi connectivity index (χ2v) is 12.0. The average Bonchev–Trinajstić information content (AvgIpc) is 2.99. The van der Waals surface area contributed by atoms with Crippen molar-refractivity contribution < 1.29 is 54.2 Å². The van der Waals surface area contributed by atoms with Gasteiger partial charge >= 0.3 is 24.7 Å². The van der Waals surface area contributed by atoms with Gasteiger partial charge in [0.05, 0.1) is 17.0 Å². The molecule has 3 aromatic carbocycles. The first-order valence-corrected chi connectivity index (χ1v) is 15.3. The van der Waals surface area contributed by atoms with Crippen molar-refractivity contribution in [2.24, 2.45) is 11.8 Å². The molecule has 0 heterocycles. The van der Waals surface area contributed by atoms with Gasteiger partial charge in [0, 0.05) is 37.6 Å². The topological polar surface area (TPSA) is 53.0 Å². The molecule has 0 bridgehead atoms. The number of hydrogen-bond donors (Lipinski definition) is 1. The second-order valence-electron chi connectivity index (χ2n) is 12.0. The van der Waals surface area contributed by atoms with Gasteiger partial charge in [0.2, 0.25) is 0 Å². The zero-order valence-corrected chi connectivity index (χ0v) is 27.4. The maximum absolute atomic E-state index is 13.7. The van der Waals surface area contributed by atoms with Gasteiger partial charge in [-0.3, -0.25) is 4.79 Å². The number of carboxylic acids is 1. The Kier molecular flexibility index (Phi) is 12.8. The maximum Gasteiger partial charge on any atom is 0.573 e. The number of nitrogens with zero attached hydrogens (tertiary/aromatic N) is 2. The lowest BCUT2D eigenvalue weighted by Gasteiger charge is -2.34. The van der Waals surface area contributed by atoms with Crippen LogP contribution in [0.5, 0.6) is 5.75 Å². The zero-order valence-electron chi connectivity index (χ0n) is 26.6. The summed E-state index contributed by atoms with van der Waals surface area (Å²) in [4.78, 5) is 14.8. The summed E-state index contributed by atoms with van der Waals surface area (Å²) in [5, 5.41) is 9.36. The molecule has 1 aliphatic rings. The number of ether oxygens (including phenoxy) is 1. The SMILES string of the molecule is CCN(CC1CCC(C(=O)O)CC1)c1ccc(OC(F)(F)F)cc1CN(Cc1cc(C(F)(F)F)cc(C(F)(F)F)c1)c1ccc(C)cc1.Cl. The molecule has 0 aromatic heterocycles. The van der Waals surface area contributed by atoms with E-state index in [1.54, 1.807) is 31.2 Å². The maximum atomic E-state index is 13.7. The van der Waals surface area contributed by atoms with Crippen molar-refractivity contribution in [3.05, 3.63) is 88.5 Å². The lowest BCUT2D eigenvalue weighted by atomic mass is 9.81. The lowest BCUT2D eigenvalue weighted by Crippen LogP contribution is -2.34. The number of aliphatic carboxylic acids is 1. The fourth-order valence-electron chi connectivity index (χ4n) is 6.03. The highest BCUT2D eigenvalue weighted by molar-refractivity contribution is 5.85. The minimum absolute atomic E-state index is 0. The van der Waals surface area contributed by atoms with Gasteiger partial charge in [-0.05, 0) is 105 Å². The zero-order chi connectivity index (χ0) is 35.4. The Bertz CT molecular complexity index is 1520. The summed E-state index contributed by atoms with van der Waals surface area (Å²) in [6.07, 6.45) is -12.9. The lowest BCUT2D eigenvalue weighted by molar-refractivity contribution is -0.274. The van der Waals surface area contributed by atoms with Crippen LogP contribution in [0.3, 0.4) is 0 Å². The van der Waals surface area contributed by atoms with Crippen LogP contribution in [-0.2, 0) is 30.2 Å². The van der Waals surface area contributed by atoms with Crippen molar-refractivity contribution in [2.75, 3.05) is 22.9 Å². The molecule has 3 aromatic rings. The molecule has 49 heavy (non-hydrogen) atoms. The first-order valence-electron chi connectivity index (χ1n) is 15.3. The summed E-state index contributed by atoms with van der Waals surface area (Å²) < 4.78 is 126. The smallest absolute Gasteiger partial charge is 0.481 e. The number of anilines is 2. The van der Waals surface area contributed by atoms with Gasteiger partial charge in [-0.15, -0.1) is 25.6 Å². The Labute approximate surface area is 284 Å². The van der Waals surface area contributed by atoms with E-state index >= 15 is 0 Å². The standard InChI is InChI=1S/C34H35F9N2O3.ClH/c1-3-44(18-22-6-8-24(9-7-22)31(46)47)30-13-12-29(48-34(41,42)43)16-25(30)20-45(28-10-4-21(2)5-11-28)19-23-14-26(32(35,36)37)17-27(15-23)33(38,39)40;/h4-5,10-17,22,24H,3,6-9,18-20H2,1-2H3,(H,46,47);1H. The summed E-state index contributed by atoms with van der Waals surface area (Å²) in [6.45, 7) is 3.86. The molecule has 0 spiro atoms. The number of rotatable bonds is 11. The molecule has 1 saturated carbocycles. The molecule has 0 saturated heterocycles. The molecule has 0 amide bonds. The molecular formula is C34H36ClF9N2O3. The molecule has 5 nitrogen and oxygen atoms in total. The Morgan fingerprint density at radius 1 is 0.796 bits per heavy atom. The third-order valence-electron chi connectivity index (χ3n) is 8.46. The third kappa shape index (κ3) is 11.1. The number of alkyl halides is 9. The highest BCUT2D eigenvalue weighted by Gasteiger charge is 2.37. The van der Waals surface area contributed by atoms with Crippen LogP contribution in [0.15, 0.2) is 60.7 Å². The van der Waals surface area contributed by atoms with E-state index < -0.39 is 54.0 Å². The van der Waals surface area contributed by atoms with E-state index in [4.69, 9.17) is 0 Å². The van der Waals surface area contributed by atoms with E-state index in [1.165, 1.54) is 17.0 Å². The van der Waals surface area contributed by atoms with E-state index in [0.29, 0.717) is 67.8 Å². The van der Waals surface area contributed by atoms with Crippen LogP contribution in [0.4, 0.5) is 50.9 Å². The van der Waals surface area contributed by atoms with Crippen LogP contribution >= 0.6 is 12.4 Å². The number of carboxylic acid groups (broad SMARTS) is 1. The molecule has 15 heteroatoms. The van der Waals surface area contributed by atoms with Gasteiger partial charge in [-0.1, -0.05) is 17.7 Å². The first-order chi connectivity index (χ1) is 22.3. The second kappa shape index (κ2) is 15.8. The molecular weight excluding hydrogens is 691 g/mol. The van der Waals surface area contributed by atoms with Crippen LogP contribution in [0.2, 0.25) is 0 Å². The van der Waals surface area contributed by atoms with Gasteiger partial charge in [-0.25, -0.2) is 0 Å². The molecule has 1 fully saturated rings. The summed E-state index contributed by atoms with van der Waals surface area (Å²) in [5.74, 6) is -1.75. The Hall–Kier alpha value is -3.81. The molecule has 270 valence electrons. The fourth-order valence-corrected chi connectivity index (χ4v) is 6.03. The van der Waals surface area contributed by atoms with Gasteiger partial charge in [0.25, 0.3) is 0 Å². The van der Waals surface area contributed by atoms with Gasteiger partial charge in [0.1, 0.15) is 5.75 Å². The Morgan fingerprint density at radius 3 is 1.86 bits per heavy atom. The largest absolute Gasteiger partial charge is 0.573 e. The van der Waals surface area contributed by atoms with Crippen molar-refractivity contribution in [1.82, 2.24) is 0 Å². The van der Waals surface area contributed by atoms with Gasteiger partial charge < -0.3 is 19.6 Å². The number of benzene rings is 3. The minimum atomic E-state index is -5.06. The molecule has 0 atom stereocenters. The predicted octanol–water partition coefficient (Wildman–Crippen LogP) is 10.3. The van der Waals surface area contributed by atoms with Crippen LogP contribution in [0.1, 0.15) is 60.4 Å². The summed E-state index contributed by atoms with van der Waals surface area (Å²) in [7, 11) is 0. The van der Waals surface area contributed by atoms with Crippen molar-refractivity contribution in [1.29, 1.82) is 0 Å². The Balaban J connectivity index is 0.00000650. The predicted molar refractivity (Wildman–Crippen MR) is 169 cm³/mol. The van der Waals surface area contributed by atoms with E-state index in [9.17, 15) is 49.4 Å². The summed E-state index contributed by atoms with van der Waals surface area (Å²) in [6, 6.07) is 11.7. The molecule has 0 radical (unpaired) electrons. The van der Waals surface area contributed by atoms with E-state index in [0.717, 1.165) is 11.6 Å². The Morgan fingerprint density at radius 2 is 1.37 bits per heavy atom. The average molecular weight is 727 g/mol. The third-order valence-corrected chi connectivity index (χ3v) is 8.46. The van der Waals surface area contributed by atoms with Crippen molar-refractivity contribution in [3.63, 3.8) is 0 Å². The molecule has 1 aliphatic carbocycles. The van der Waals surface area contributed by atoms with Gasteiger partial charge in [-0.2, -0.15) is 26.3 Å². The molecule has 0 aliphatic heterocycles. The van der Waals surface area contributed by atoms with Crippen LogP contribution in [0.25, 0.3) is 0 Å². The molecule has 1 N–H and O–H groups in total. The van der Waals surface area contributed by atoms with E-state index in [2.05, 4.69) is 4.74 Å². The van der Waals surface area contributed by atoms with Crippen molar-refractivity contribution >= 4 is 29.8 Å². The summed E-state index contributed by atoms with van der Waals surface area (Å²) in [5.41, 5.74) is -1.22.